The van der Waals surface area contributed by atoms with Gasteiger partial charge in [-0.1, -0.05) is 37.8 Å². The minimum atomic E-state index is -0.801. The van der Waals surface area contributed by atoms with Gasteiger partial charge in [0.2, 0.25) is 11.8 Å². The highest BCUT2D eigenvalue weighted by atomic mass is 19.1. The van der Waals surface area contributed by atoms with Crippen molar-refractivity contribution in [3.63, 3.8) is 0 Å². The number of imide groups is 1. The molecule has 2 N–H and O–H groups in total. The van der Waals surface area contributed by atoms with Gasteiger partial charge >= 0.3 is 0 Å². The highest BCUT2D eigenvalue weighted by molar-refractivity contribution is 6.05. The normalized spacial score (nSPS) is 30.9. The third kappa shape index (κ3) is 4.70. The van der Waals surface area contributed by atoms with E-state index in [-0.39, 0.29) is 36.1 Å². The lowest BCUT2D eigenvalue weighted by Gasteiger charge is -2.38. The van der Waals surface area contributed by atoms with Crippen LogP contribution in [0.15, 0.2) is 18.2 Å². The molecule has 5 rings (SSSR count). The van der Waals surface area contributed by atoms with Crippen LogP contribution in [0.2, 0.25) is 0 Å². The first kappa shape index (κ1) is 22.5. The topological polar surface area (TPSA) is 78.5 Å². The van der Waals surface area contributed by atoms with Crippen LogP contribution in [0, 0.1) is 5.92 Å². The fraction of sp³-hybridized carbons (Fsp3) is 0.654. The number of nitrogens with one attached hydrogen (secondary N) is 2. The second-order valence-corrected chi connectivity index (χ2v) is 10.3. The molecule has 178 valence electrons. The van der Waals surface area contributed by atoms with Crippen LogP contribution in [-0.2, 0) is 22.6 Å². The molecule has 1 aromatic rings. The zero-order valence-corrected chi connectivity index (χ0v) is 19.2. The predicted octanol–water partition coefficient (Wildman–Crippen LogP) is 3.42. The maximum absolute atomic E-state index is 15.0. The molecule has 2 aliphatic heterocycles. The van der Waals surface area contributed by atoms with E-state index in [0.717, 1.165) is 43.2 Å². The van der Waals surface area contributed by atoms with Crippen LogP contribution in [0.3, 0.4) is 0 Å². The van der Waals surface area contributed by atoms with Crippen molar-refractivity contribution < 1.29 is 18.8 Å². The molecule has 0 spiro atoms. The lowest BCUT2D eigenvalue weighted by Crippen LogP contribution is -2.52. The molecule has 7 heteroatoms. The van der Waals surface area contributed by atoms with E-state index >= 15 is 0 Å². The standard InChI is InChI=1S/C26H34FN3O3/c27-21-8-4-5-17(24(21)28-19-6-2-1-3-7-19)13-16-9-10-20-18(14-16)15-30(26(20)33)22-11-12-23(31)29-25(22)32/h9-10,14,17,19,21-22,24,28H,1-8,11-13,15H2,(H,29,31,32)/t17-,21-,22?,24-/m1/s1. The van der Waals surface area contributed by atoms with Gasteiger partial charge in [-0.3, -0.25) is 19.7 Å². The van der Waals surface area contributed by atoms with E-state index in [9.17, 15) is 18.8 Å². The summed E-state index contributed by atoms with van der Waals surface area (Å²) >= 11 is 0. The number of amides is 3. The third-order valence-electron chi connectivity index (χ3n) is 8.07. The van der Waals surface area contributed by atoms with E-state index < -0.39 is 12.2 Å². The molecule has 2 heterocycles. The van der Waals surface area contributed by atoms with Crippen LogP contribution in [-0.4, -0.2) is 46.9 Å². The molecule has 3 amide bonds. The van der Waals surface area contributed by atoms with E-state index in [2.05, 4.69) is 16.7 Å². The molecule has 2 saturated carbocycles. The average molecular weight is 456 g/mol. The Kier molecular flexibility index (Phi) is 6.50. The lowest BCUT2D eigenvalue weighted by molar-refractivity contribution is -0.136. The van der Waals surface area contributed by atoms with Crippen molar-refractivity contribution >= 4 is 17.7 Å². The van der Waals surface area contributed by atoms with Gasteiger partial charge in [0, 0.05) is 30.6 Å². The molecule has 1 saturated heterocycles. The van der Waals surface area contributed by atoms with E-state index in [4.69, 9.17) is 0 Å². The Balaban J connectivity index is 1.28. The van der Waals surface area contributed by atoms with Crippen molar-refractivity contribution in [2.45, 2.75) is 101 Å². The zero-order chi connectivity index (χ0) is 22.9. The van der Waals surface area contributed by atoms with E-state index in [0.29, 0.717) is 31.0 Å². The number of hydrogen-bond donors (Lipinski definition) is 2. The number of halogens is 1. The first-order chi connectivity index (χ1) is 16.0. The number of hydrogen-bond acceptors (Lipinski definition) is 4. The Labute approximate surface area is 194 Å². The van der Waals surface area contributed by atoms with Crippen LogP contribution in [0.25, 0.3) is 0 Å². The van der Waals surface area contributed by atoms with Crippen LogP contribution in [0.5, 0.6) is 0 Å². The summed E-state index contributed by atoms with van der Waals surface area (Å²) < 4.78 is 15.0. The third-order valence-corrected chi connectivity index (χ3v) is 8.07. The summed E-state index contributed by atoms with van der Waals surface area (Å²) in [5, 5.41) is 6.03. The van der Waals surface area contributed by atoms with Crippen LogP contribution >= 0.6 is 0 Å². The Morgan fingerprint density at radius 2 is 1.82 bits per heavy atom. The van der Waals surface area contributed by atoms with Crippen LogP contribution in [0.4, 0.5) is 4.39 Å². The molecular weight excluding hydrogens is 421 g/mol. The largest absolute Gasteiger partial charge is 0.322 e. The number of benzene rings is 1. The second-order valence-electron chi connectivity index (χ2n) is 10.3. The van der Waals surface area contributed by atoms with Gasteiger partial charge in [-0.05, 0) is 61.6 Å². The highest BCUT2D eigenvalue weighted by Gasteiger charge is 2.39. The summed E-state index contributed by atoms with van der Waals surface area (Å²) in [5.41, 5.74) is 2.68. The molecule has 1 unspecified atom stereocenters. The van der Waals surface area contributed by atoms with Gasteiger partial charge in [-0.2, -0.15) is 0 Å². The molecule has 6 nitrogen and oxygen atoms in total. The summed E-state index contributed by atoms with van der Waals surface area (Å²) in [4.78, 5) is 38.3. The molecule has 1 aromatic carbocycles. The number of fused-ring (bicyclic) bond motifs is 1. The van der Waals surface area contributed by atoms with Crippen LogP contribution in [0.1, 0.15) is 85.7 Å². The van der Waals surface area contributed by atoms with Crippen molar-refractivity contribution in [2.75, 3.05) is 0 Å². The lowest BCUT2D eigenvalue weighted by atomic mass is 9.78. The van der Waals surface area contributed by atoms with Crippen molar-refractivity contribution in [1.29, 1.82) is 0 Å². The molecule has 4 aliphatic rings. The maximum Gasteiger partial charge on any atom is 0.255 e. The predicted molar refractivity (Wildman–Crippen MR) is 122 cm³/mol. The van der Waals surface area contributed by atoms with Gasteiger partial charge in [-0.15, -0.1) is 0 Å². The maximum atomic E-state index is 15.0. The Morgan fingerprint density at radius 3 is 2.61 bits per heavy atom. The van der Waals surface area contributed by atoms with Crippen molar-refractivity contribution in [3.05, 3.63) is 34.9 Å². The van der Waals surface area contributed by atoms with Crippen LogP contribution < -0.4 is 10.6 Å². The Bertz CT molecular complexity index is 929. The molecule has 33 heavy (non-hydrogen) atoms. The SMILES string of the molecule is O=C1CCC(N2Cc3cc(C[C@H]4CCC[C@@H](F)[C@@H]4NC4CCCCC4)ccc3C2=O)C(=O)N1. The molecule has 4 atom stereocenters. The molecule has 0 radical (unpaired) electrons. The number of rotatable bonds is 5. The zero-order valence-electron chi connectivity index (χ0n) is 19.2. The van der Waals surface area contributed by atoms with E-state index in [1.165, 1.54) is 19.3 Å². The number of carbonyl (C=O) groups excluding carboxylic acids is 3. The fourth-order valence-corrected chi connectivity index (χ4v) is 6.30. The fourth-order valence-electron chi connectivity index (χ4n) is 6.30. The highest BCUT2D eigenvalue weighted by Crippen LogP contribution is 2.33. The summed E-state index contributed by atoms with van der Waals surface area (Å²) in [6, 6.07) is 5.65. The minimum absolute atomic E-state index is 0.100. The second kappa shape index (κ2) is 9.53. The van der Waals surface area contributed by atoms with Crippen molar-refractivity contribution in [3.8, 4) is 0 Å². The first-order valence-corrected chi connectivity index (χ1v) is 12.7. The number of piperidine rings is 1. The van der Waals surface area contributed by atoms with Gasteiger partial charge in [-0.25, -0.2) is 4.39 Å². The molecule has 2 aliphatic carbocycles. The number of carbonyl (C=O) groups is 3. The summed E-state index contributed by atoms with van der Waals surface area (Å²) in [7, 11) is 0. The van der Waals surface area contributed by atoms with Gasteiger partial charge < -0.3 is 10.2 Å². The monoisotopic (exact) mass is 455 g/mol. The summed E-state index contributed by atoms with van der Waals surface area (Å²) in [6.07, 6.45) is 9.23. The van der Waals surface area contributed by atoms with Gasteiger partial charge in [0.25, 0.3) is 5.91 Å². The average Bonchev–Trinajstić information content (AvgIpc) is 3.12. The molecular formula is C26H34FN3O3. The Morgan fingerprint density at radius 1 is 1.00 bits per heavy atom. The molecule has 0 aromatic heterocycles. The molecule has 3 fully saturated rings. The number of alkyl halides is 1. The van der Waals surface area contributed by atoms with E-state index in [1.807, 2.05) is 12.1 Å². The first-order valence-electron chi connectivity index (χ1n) is 12.7. The minimum Gasteiger partial charge on any atom is -0.322 e. The van der Waals surface area contributed by atoms with Gasteiger partial charge in [0.1, 0.15) is 12.2 Å². The summed E-state index contributed by atoms with van der Waals surface area (Å²) in [5.74, 6) is -0.570. The van der Waals surface area contributed by atoms with Crippen molar-refractivity contribution in [1.82, 2.24) is 15.5 Å². The Hall–Kier alpha value is -2.28. The van der Waals surface area contributed by atoms with Crippen molar-refractivity contribution in [2.24, 2.45) is 5.92 Å². The van der Waals surface area contributed by atoms with Gasteiger partial charge in [0.15, 0.2) is 0 Å². The molecule has 0 bridgehead atoms. The smallest absolute Gasteiger partial charge is 0.255 e. The number of nitrogens with zero attached hydrogens (tertiary/aromatic N) is 1. The summed E-state index contributed by atoms with van der Waals surface area (Å²) in [6.45, 7) is 0.383. The van der Waals surface area contributed by atoms with E-state index in [1.54, 1.807) is 4.90 Å². The van der Waals surface area contributed by atoms with Gasteiger partial charge in [0.05, 0.1) is 0 Å². The quantitative estimate of drug-likeness (QED) is 0.667.